The van der Waals surface area contributed by atoms with Crippen LogP contribution in [-0.2, 0) is 0 Å². The van der Waals surface area contributed by atoms with Gasteiger partial charge in [-0.2, -0.15) is 0 Å². The first-order chi connectivity index (χ1) is 3.89. The van der Waals surface area contributed by atoms with Crippen LogP contribution in [-0.4, -0.2) is 11.0 Å². The van der Waals surface area contributed by atoms with E-state index in [0.29, 0.717) is 0 Å². The molecule has 1 rings (SSSR count). The summed E-state index contributed by atoms with van der Waals surface area (Å²) in [4.78, 5) is 0. The molecule has 1 aliphatic heterocycles. The largest absolute Gasteiger partial charge is 0.0939 e. The fourth-order valence-electron chi connectivity index (χ4n) is 0.805. The monoisotopic (exact) mass is 148 g/mol. The smallest absolute Gasteiger partial charge is 0.0123 e. The molecular weight excluding hydrogens is 136 g/mol. The van der Waals surface area contributed by atoms with Crippen LogP contribution in [0.2, 0.25) is 0 Å². The summed E-state index contributed by atoms with van der Waals surface area (Å²) >= 11 is 0. The predicted octanol–water partition coefficient (Wildman–Crippen LogP) is 2.94. The van der Waals surface area contributed by atoms with Crippen LogP contribution in [0.25, 0.3) is 0 Å². The van der Waals surface area contributed by atoms with Crippen LogP contribution in [0.15, 0.2) is 0 Å². The van der Waals surface area contributed by atoms with Gasteiger partial charge in [-0.25, -0.2) is 0 Å². The average molecular weight is 148 g/mol. The van der Waals surface area contributed by atoms with Crippen LogP contribution in [0.1, 0.15) is 26.2 Å². The van der Waals surface area contributed by atoms with Crippen LogP contribution in [0, 0.1) is 0 Å². The maximum absolute atomic E-state index is 2.32. The Morgan fingerprint density at radius 2 is 2.25 bits per heavy atom. The summed E-state index contributed by atoms with van der Waals surface area (Å²) in [6.45, 7) is 2.32. The molecule has 0 aromatic rings. The summed E-state index contributed by atoms with van der Waals surface area (Å²) in [6.07, 6.45) is 4.31. The third-order valence-corrected chi connectivity index (χ3v) is 4.37. The molecule has 2 heteroatoms. The van der Waals surface area contributed by atoms with Crippen molar-refractivity contribution in [2.24, 2.45) is 0 Å². The van der Waals surface area contributed by atoms with Gasteiger partial charge in [-0.15, -0.1) is 0 Å². The van der Waals surface area contributed by atoms with E-state index in [0.717, 1.165) is 5.25 Å². The van der Waals surface area contributed by atoms with Crippen molar-refractivity contribution in [3.8, 4) is 0 Å². The Balaban J connectivity index is 2.17. The molecule has 0 N–H and O–H groups in total. The van der Waals surface area contributed by atoms with Crippen molar-refractivity contribution in [2.75, 3.05) is 5.75 Å². The number of rotatable bonds is 0. The average Bonchev–Trinajstić information content (AvgIpc) is 1.94. The minimum Gasteiger partial charge on any atom is -0.0939 e. The Morgan fingerprint density at radius 1 is 1.38 bits per heavy atom. The van der Waals surface area contributed by atoms with Gasteiger partial charge in [0.05, 0.1) is 0 Å². The Bertz CT molecular complexity index is 55.5. The molecule has 1 heterocycles. The van der Waals surface area contributed by atoms with E-state index in [1.807, 2.05) is 10.8 Å². The van der Waals surface area contributed by atoms with Crippen molar-refractivity contribution < 1.29 is 0 Å². The molecule has 0 radical (unpaired) electrons. The van der Waals surface area contributed by atoms with Crippen LogP contribution in [0.4, 0.5) is 0 Å². The van der Waals surface area contributed by atoms with Crippen LogP contribution in [0.3, 0.4) is 0 Å². The van der Waals surface area contributed by atoms with Gasteiger partial charge in [0.15, 0.2) is 0 Å². The molecule has 0 spiro atoms. The number of hydrogen-bond acceptors (Lipinski definition) is 2. The molecule has 0 saturated carbocycles. The van der Waals surface area contributed by atoms with E-state index in [2.05, 4.69) is 17.7 Å². The highest BCUT2D eigenvalue weighted by atomic mass is 33.1. The first kappa shape index (κ1) is 6.81. The van der Waals surface area contributed by atoms with E-state index in [9.17, 15) is 0 Å². The Hall–Kier alpha value is 0.700. The summed E-state index contributed by atoms with van der Waals surface area (Å²) in [6, 6.07) is 0. The standard InChI is InChI=1S/C6H12S2/c1-6-4-2-3-5-7-8-6/h6H,2-5H2,1H3. The van der Waals surface area contributed by atoms with Crippen molar-refractivity contribution >= 4 is 21.6 Å². The summed E-state index contributed by atoms with van der Waals surface area (Å²) < 4.78 is 0. The molecule has 1 fully saturated rings. The van der Waals surface area contributed by atoms with Gasteiger partial charge in [-0.05, 0) is 12.8 Å². The molecule has 0 bridgehead atoms. The molecule has 0 nitrogen and oxygen atoms in total. The van der Waals surface area contributed by atoms with E-state index in [1.54, 1.807) is 0 Å². The van der Waals surface area contributed by atoms with Gasteiger partial charge in [0, 0.05) is 11.0 Å². The van der Waals surface area contributed by atoms with Crippen molar-refractivity contribution in [3.05, 3.63) is 0 Å². The fourth-order valence-corrected chi connectivity index (χ4v) is 3.35. The SMILES string of the molecule is CC1CCCCSS1. The first-order valence-corrected chi connectivity index (χ1v) is 5.56. The normalized spacial score (nSPS) is 31.9. The van der Waals surface area contributed by atoms with Crippen LogP contribution >= 0.6 is 21.6 Å². The summed E-state index contributed by atoms with van der Waals surface area (Å²) in [5.74, 6) is 1.37. The zero-order valence-corrected chi connectivity index (χ0v) is 6.86. The van der Waals surface area contributed by atoms with Gasteiger partial charge in [0.2, 0.25) is 0 Å². The molecule has 48 valence electrons. The Morgan fingerprint density at radius 3 is 3.12 bits per heavy atom. The highest BCUT2D eigenvalue weighted by molar-refractivity contribution is 8.76. The molecule has 1 atom stereocenters. The lowest BCUT2D eigenvalue weighted by Gasteiger charge is -2.01. The van der Waals surface area contributed by atoms with E-state index < -0.39 is 0 Å². The Kier molecular flexibility index (Phi) is 3.13. The molecule has 1 saturated heterocycles. The third kappa shape index (κ3) is 2.31. The quantitative estimate of drug-likeness (QED) is 0.484. The predicted molar refractivity (Wildman–Crippen MR) is 43.4 cm³/mol. The van der Waals surface area contributed by atoms with E-state index >= 15 is 0 Å². The zero-order valence-electron chi connectivity index (χ0n) is 5.22. The summed E-state index contributed by atoms with van der Waals surface area (Å²) in [7, 11) is 4.10. The molecule has 0 aromatic heterocycles. The maximum atomic E-state index is 2.32. The van der Waals surface area contributed by atoms with Crippen LogP contribution in [0.5, 0.6) is 0 Å². The van der Waals surface area contributed by atoms with Crippen LogP contribution < -0.4 is 0 Å². The number of hydrogen-bond donors (Lipinski definition) is 0. The maximum Gasteiger partial charge on any atom is 0.0123 e. The summed E-state index contributed by atoms with van der Waals surface area (Å²) in [5.41, 5.74) is 0. The van der Waals surface area contributed by atoms with Gasteiger partial charge in [0.1, 0.15) is 0 Å². The van der Waals surface area contributed by atoms with Crippen molar-refractivity contribution in [1.82, 2.24) is 0 Å². The summed E-state index contributed by atoms with van der Waals surface area (Å²) in [5, 5.41) is 0.905. The van der Waals surface area contributed by atoms with Gasteiger partial charge < -0.3 is 0 Å². The third-order valence-electron chi connectivity index (χ3n) is 1.32. The topological polar surface area (TPSA) is 0 Å². The second-order valence-corrected chi connectivity index (χ2v) is 5.15. The molecular formula is C6H12S2. The van der Waals surface area contributed by atoms with Gasteiger partial charge in [-0.1, -0.05) is 34.9 Å². The molecule has 8 heavy (non-hydrogen) atoms. The lowest BCUT2D eigenvalue weighted by molar-refractivity contribution is 0.724. The van der Waals surface area contributed by atoms with E-state index in [1.165, 1.54) is 25.0 Å². The van der Waals surface area contributed by atoms with Crippen molar-refractivity contribution in [2.45, 2.75) is 31.4 Å². The second kappa shape index (κ2) is 3.67. The molecule has 1 unspecified atom stereocenters. The highest BCUT2D eigenvalue weighted by Gasteiger charge is 2.06. The molecule has 1 aliphatic rings. The first-order valence-electron chi connectivity index (χ1n) is 3.18. The lowest BCUT2D eigenvalue weighted by Crippen LogP contribution is -1.89. The zero-order chi connectivity index (χ0) is 5.82. The van der Waals surface area contributed by atoms with Gasteiger partial charge >= 0.3 is 0 Å². The highest BCUT2D eigenvalue weighted by Crippen LogP contribution is 2.33. The second-order valence-electron chi connectivity index (χ2n) is 2.22. The minimum atomic E-state index is 0.905. The Labute approximate surface area is 59.2 Å². The van der Waals surface area contributed by atoms with E-state index in [-0.39, 0.29) is 0 Å². The molecule has 0 amide bonds. The lowest BCUT2D eigenvalue weighted by atomic mass is 10.2. The molecule has 0 aliphatic carbocycles. The van der Waals surface area contributed by atoms with Gasteiger partial charge in [0.25, 0.3) is 0 Å². The fraction of sp³-hybridized carbons (Fsp3) is 1.00. The van der Waals surface area contributed by atoms with Gasteiger partial charge in [-0.3, -0.25) is 0 Å². The van der Waals surface area contributed by atoms with Crippen molar-refractivity contribution in [3.63, 3.8) is 0 Å². The minimum absolute atomic E-state index is 0.905. The molecule has 0 aromatic carbocycles. The van der Waals surface area contributed by atoms with E-state index in [4.69, 9.17) is 0 Å². The van der Waals surface area contributed by atoms with Crippen molar-refractivity contribution in [1.29, 1.82) is 0 Å².